The Morgan fingerprint density at radius 1 is 0.911 bits per heavy atom. The first-order valence-corrected chi connectivity index (χ1v) is 17.3. The van der Waals surface area contributed by atoms with Gasteiger partial charge in [0.1, 0.15) is 19.3 Å². The van der Waals surface area contributed by atoms with Crippen molar-refractivity contribution >= 4 is 50.7 Å². The van der Waals surface area contributed by atoms with E-state index in [1.807, 2.05) is 51.1 Å². The van der Waals surface area contributed by atoms with Crippen LogP contribution in [0.3, 0.4) is 0 Å². The normalized spacial score (nSPS) is 13.6. The van der Waals surface area contributed by atoms with Gasteiger partial charge in [0.05, 0.1) is 22.0 Å². The fourth-order valence-electron chi connectivity index (χ4n) is 5.03. The van der Waals surface area contributed by atoms with Crippen LogP contribution >= 0.6 is 23.2 Å². The molecule has 0 bridgehead atoms. The first-order valence-electron chi connectivity index (χ1n) is 14.7. The fourth-order valence-corrected chi connectivity index (χ4v) is 6.31. The molecule has 0 fully saturated rings. The molecule has 0 unspecified atom stereocenters. The van der Waals surface area contributed by atoms with Crippen LogP contribution in [0.5, 0.6) is 11.5 Å². The number of nitrogens with zero attached hydrogens (tertiary/aromatic N) is 2. The lowest BCUT2D eigenvalue weighted by atomic mass is 10.00. The van der Waals surface area contributed by atoms with Gasteiger partial charge in [-0.3, -0.25) is 13.9 Å². The van der Waals surface area contributed by atoms with Gasteiger partial charge < -0.3 is 19.7 Å². The molecular weight excluding hydrogens is 637 g/mol. The van der Waals surface area contributed by atoms with Crippen molar-refractivity contribution in [1.29, 1.82) is 0 Å². The lowest BCUT2D eigenvalue weighted by Crippen LogP contribution is -2.54. The Morgan fingerprint density at radius 2 is 1.60 bits per heavy atom. The molecule has 12 heteroatoms. The number of amides is 2. The highest BCUT2D eigenvalue weighted by molar-refractivity contribution is 7.92. The Bertz CT molecular complexity index is 1610. The number of fused-ring (bicyclic) bond motifs is 1. The van der Waals surface area contributed by atoms with Gasteiger partial charge in [-0.15, -0.1) is 0 Å². The number of carbonyl (C=O) groups is 2. The van der Waals surface area contributed by atoms with Crippen molar-refractivity contribution in [3.05, 3.63) is 87.9 Å². The van der Waals surface area contributed by atoms with Crippen molar-refractivity contribution in [2.24, 2.45) is 0 Å². The smallest absolute Gasteiger partial charge is 0.243 e. The van der Waals surface area contributed by atoms with Gasteiger partial charge in [0.25, 0.3) is 0 Å². The second-order valence-electron chi connectivity index (χ2n) is 12.0. The second kappa shape index (κ2) is 14.7. The second-order valence-corrected chi connectivity index (χ2v) is 14.7. The predicted octanol–water partition coefficient (Wildman–Crippen LogP) is 5.87. The summed E-state index contributed by atoms with van der Waals surface area (Å²) in [6.45, 7) is 6.58. The van der Waals surface area contributed by atoms with E-state index >= 15 is 0 Å². The van der Waals surface area contributed by atoms with Crippen LogP contribution in [-0.4, -0.2) is 62.7 Å². The highest BCUT2D eigenvalue weighted by Gasteiger charge is 2.32. The average Bonchev–Trinajstić information content (AvgIpc) is 2.97. The number of halogens is 2. The van der Waals surface area contributed by atoms with E-state index in [1.165, 1.54) is 4.31 Å². The lowest BCUT2D eigenvalue weighted by molar-refractivity contribution is -0.142. The summed E-state index contributed by atoms with van der Waals surface area (Å²) in [5.74, 6) is 0.407. The van der Waals surface area contributed by atoms with Gasteiger partial charge in [0.15, 0.2) is 11.5 Å². The van der Waals surface area contributed by atoms with Crippen LogP contribution in [0.2, 0.25) is 10.0 Å². The molecule has 1 atom stereocenters. The lowest BCUT2D eigenvalue weighted by Gasteiger charge is -2.34. The number of carbonyl (C=O) groups excluding carboxylic acids is 2. The molecule has 0 radical (unpaired) electrons. The number of benzene rings is 3. The third kappa shape index (κ3) is 9.76. The predicted molar refractivity (Wildman–Crippen MR) is 178 cm³/mol. The third-order valence-corrected chi connectivity index (χ3v) is 9.01. The van der Waals surface area contributed by atoms with Gasteiger partial charge in [-0.25, -0.2) is 8.42 Å². The molecular formula is C33H39Cl2N3O6S. The van der Waals surface area contributed by atoms with Crippen LogP contribution in [0.1, 0.15) is 44.7 Å². The molecule has 0 saturated carbocycles. The molecule has 45 heavy (non-hydrogen) atoms. The van der Waals surface area contributed by atoms with Crippen molar-refractivity contribution in [2.75, 3.05) is 30.3 Å². The summed E-state index contributed by atoms with van der Waals surface area (Å²) < 4.78 is 38.1. The zero-order valence-electron chi connectivity index (χ0n) is 25.9. The Kier molecular flexibility index (Phi) is 11.3. The molecule has 0 aliphatic carbocycles. The van der Waals surface area contributed by atoms with Crippen LogP contribution in [-0.2, 0) is 32.6 Å². The van der Waals surface area contributed by atoms with Crippen molar-refractivity contribution in [1.82, 2.24) is 10.2 Å². The highest BCUT2D eigenvalue weighted by Crippen LogP contribution is 2.35. The largest absolute Gasteiger partial charge is 0.486 e. The average molecular weight is 677 g/mol. The van der Waals surface area contributed by atoms with Gasteiger partial charge >= 0.3 is 0 Å². The minimum atomic E-state index is -3.69. The number of ether oxygens (including phenoxy) is 2. The number of hydrogen-bond acceptors (Lipinski definition) is 6. The molecule has 3 aromatic carbocycles. The molecule has 3 aromatic rings. The molecule has 0 saturated heterocycles. The highest BCUT2D eigenvalue weighted by atomic mass is 35.5. The van der Waals surface area contributed by atoms with E-state index < -0.39 is 21.6 Å². The minimum Gasteiger partial charge on any atom is -0.486 e. The quantitative estimate of drug-likeness (QED) is 0.258. The number of rotatable bonds is 12. The Labute approximate surface area is 275 Å². The standard InChI is InChI=1S/C33H39Cl2N3O6S/c1-33(2,3)36-32(40)28(20-23-9-6-5-7-10-23)37(22-24-12-14-26(34)27(35)19-24)31(39)11-8-16-38(45(4,41)42)25-13-15-29-30(21-25)44-18-17-43-29/h5-7,9-10,12-15,19,21,28H,8,11,16-18,20,22H2,1-4H3,(H,36,40)/t28-/m0/s1. The Hall–Kier alpha value is -3.47. The van der Waals surface area contributed by atoms with Crippen molar-refractivity contribution < 1.29 is 27.5 Å². The van der Waals surface area contributed by atoms with Crippen LogP contribution in [0.4, 0.5) is 5.69 Å². The molecule has 4 rings (SSSR count). The van der Waals surface area contributed by atoms with Crippen molar-refractivity contribution in [2.45, 2.75) is 58.2 Å². The molecule has 1 aliphatic heterocycles. The van der Waals surface area contributed by atoms with Gasteiger partial charge in [-0.2, -0.15) is 0 Å². The van der Waals surface area contributed by atoms with Gasteiger partial charge in [-0.1, -0.05) is 59.6 Å². The SMILES string of the molecule is CC(C)(C)NC(=O)[C@H](Cc1ccccc1)N(Cc1ccc(Cl)c(Cl)c1)C(=O)CCCN(c1ccc2c(c1)OCCO2)S(C)(=O)=O. The molecule has 1 aliphatic rings. The maximum atomic E-state index is 14.0. The third-order valence-electron chi connectivity index (χ3n) is 7.07. The van der Waals surface area contributed by atoms with Crippen LogP contribution in [0.15, 0.2) is 66.7 Å². The summed E-state index contributed by atoms with van der Waals surface area (Å²) in [6, 6.07) is 18.7. The summed E-state index contributed by atoms with van der Waals surface area (Å²) in [6.07, 6.45) is 1.60. The first kappa shape index (κ1) is 34.4. The molecule has 2 amide bonds. The number of hydrogen-bond donors (Lipinski definition) is 1. The molecule has 1 heterocycles. The van der Waals surface area contributed by atoms with E-state index in [0.29, 0.717) is 46.0 Å². The van der Waals surface area contributed by atoms with E-state index in [4.69, 9.17) is 32.7 Å². The fraction of sp³-hybridized carbons (Fsp3) is 0.394. The number of nitrogens with one attached hydrogen (secondary N) is 1. The minimum absolute atomic E-state index is 0.00796. The summed E-state index contributed by atoms with van der Waals surface area (Å²) in [5, 5.41) is 3.75. The van der Waals surface area contributed by atoms with Crippen LogP contribution < -0.4 is 19.1 Å². The zero-order valence-corrected chi connectivity index (χ0v) is 28.2. The number of anilines is 1. The summed E-state index contributed by atoms with van der Waals surface area (Å²) in [7, 11) is -3.69. The molecule has 242 valence electrons. The molecule has 0 spiro atoms. The Morgan fingerprint density at radius 3 is 2.24 bits per heavy atom. The Balaban J connectivity index is 1.61. The molecule has 1 N–H and O–H groups in total. The molecule has 0 aromatic heterocycles. The number of sulfonamides is 1. The molecule has 9 nitrogen and oxygen atoms in total. The van der Waals surface area contributed by atoms with Gasteiger partial charge in [0, 0.05) is 37.5 Å². The summed E-state index contributed by atoms with van der Waals surface area (Å²) >= 11 is 12.5. The maximum absolute atomic E-state index is 14.0. The van der Waals surface area contributed by atoms with Gasteiger partial charge in [-0.05, 0) is 62.6 Å². The topological polar surface area (TPSA) is 105 Å². The van der Waals surface area contributed by atoms with E-state index in [-0.39, 0.29) is 44.2 Å². The first-order chi connectivity index (χ1) is 21.2. The van der Waals surface area contributed by atoms with Crippen LogP contribution in [0.25, 0.3) is 0 Å². The van der Waals surface area contributed by atoms with Crippen molar-refractivity contribution in [3.63, 3.8) is 0 Å². The monoisotopic (exact) mass is 675 g/mol. The van der Waals surface area contributed by atoms with E-state index in [9.17, 15) is 18.0 Å². The van der Waals surface area contributed by atoms with E-state index in [2.05, 4.69) is 5.32 Å². The van der Waals surface area contributed by atoms with Gasteiger partial charge in [0.2, 0.25) is 21.8 Å². The summed E-state index contributed by atoms with van der Waals surface area (Å²) in [5.41, 5.74) is 1.46. The van der Waals surface area contributed by atoms with Crippen molar-refractivity contribution in [3.8, 4) is 11.5 Å². The van der Waals surface area contributed by atoms with E-state index in [0.717, 1.165) is 11.8 Å². The van der Waals surface area contributed by atoms with E-state index in [1.54, 1.807) is 41.3 Å². The zero-order chi connectivity index (χ0) is 32.8. The summed E-state index contributed by atoms with van der Waals surface area (Å²) in [4.78, 5) is 29.4. The van der Waals surface area contributed by atoms with Crippen LogP contribution in [0, 0.1) is 0 Å². The maximum Gasteiger partial charge on any atom is 0.243 e.